The predicted octanol–water partition coefficient (Wildman–Crippen LogP) is 5.14. The van der Waals surface area contributed by atoms with E-state index in [4.69, 9.17) is 19.4 Å². The molecular weight excluding hydrogens is 444 g/mol. The number of nitrogens with one attached hydrogen (secondary N) is 1. The molecule has 8 heteroatoms. The highest BCUT2D eigenvalue weighted by atomic mass is 16.6. The van der Waals surface area contributed by atoms with Crippen LogP contribution in [0.5, 0.6) is 5.75 Å². The third kappa shape index (κ3) is 7.04. The average Bonchev–Trinajstić information content (AvgIpc) is 3.15. The molecule has 0 fully saturated rings. The number of fused-ring (bicyclic) bond motifs is 1. The number of aryl methyl sites for hydroxylation is 1. The minimum absolute atomic E-state index is 0.0440. The van der Waals surface area contributed by atoms with E-state index in [9.17, 15) is 9.59 Å². The highest BCUT2D eigenvalue weighted by molar-refractivity contribution is 5.90. The molecule has 0 aliphatic rings. The fourth-order valence-electron chi connectivity index (χ4n) is 3.90. The van der Waals surface area contributed by atoms with Gasteiger partial charge in [-0.05, 0) is 55.0 Å². The second-order valence-corrected chi connectivity index (χ2v) is 9.10. The Bertz CT molecular complexity index is 1140. The second-order valence-electron chi connectivity index (χ2n) is 9.10. The van der Waals surface area contributed by atoms with Crippen LogP contribution in [-0.4, -0.2) is 39.6 Å². The lowest BCUT2D eigenvalue weighted by molar-refractivity contribution is -0.149. The molecule has 1 N–H and O–H groups in total. The summed E-state index contributed by atoms with van der Waals surface area (Å²) < 4.78 is 12.9. The number of imidazole rings is 1. The van der Waals surface area contributed by atoms with Crippen molar-refractivity contribution in [2.45, 2.75) is 72.4 Å². The molecule has 0 aliphatic carbocycles. The summed E-state index contributed by atoms with van der Waals surface area (Å²) in [7, 11) is 1.38. The minimum atomic E-state index is -0.634. The summed E-state index contributed by atoms with van der Waals surface area (Å²) in [5, 5.41) is 2.87. The van der Waals surface area contributed by atoms with E-state index in [1.54, 1.807) is 6.07 Å². The third-order valence-electron chi connectivity index (χ3n) is 5.58. The SMILES string of the molecule is CCCC(=O)Nc1ccc2nc(CCC)n(Cc3ccc(OC(CC(C)C)C(=O)OC)cc3)c2n1. The predicted molar refractivity (Wildman–Crippen MR) is 136 cm³/mol. The lowest BCUT2D eigenvalue weighted by Gasteiger charge is -2.19. The Labute approximate surface area is 207 Å². The molecule has 1 amide bonds. The fraction of sp³-hybridized carbons (Fsp3) is 0.481. The van der Waals surface area contributed by atoms with Gasteiger partial charge < -0.3 is 19.4 Å². The largest absolute Gasteiger partial charge is 0.479 e. The number of rotatable bonds is 12. The Morgan fingerprint density at radius 1 is 1.03 bits per heavy atom. The van der Waals surface area contributed by atoms with Gasteiger partial charge in [-0.25, -0.2) is 14.8 Å². The van der Waals surface area contributed by atoms with Crippen molar-refractivity contribution in [1.29, 1.82) is 0 Å². The van der Waals surface area contributed by atoms with Crippen molar-refractivity contribution in [2.24, 2.45) is 5.92 Å². The van der Waals surface area contributed by atoms with E-state index in [0.29, 0.717) is 36.9 Å². The molecule has 2 aromatic heterocycles. The van der Waals surface area contributed by atoms with E-state index in [0.717, 1.165) is 41.8 Å². The van der Waals surface area contributed by atoms with E-state index in [2.05, 4.69) is 16.8 Å². The standard InChI is InChI=1S/C27H36N4O4/c1-6-8-24-28-21-14-15-23(29-25(32)9-7-2)30-26(21)31(24)17-19-10-12-20(13-11-19)35-22(16-18(3)4)27(33)34-5/h10-15,18,22H,6-9,16-17H2,1-5H3,(H,29,30,32). The Kier molecular flexibility index (Phi) is 9.23. The van der Waals surface area contributed by atoms with E-state index < -0.39 is 6.10 Å². The molecule has 1 atom stereocenters. The lowest BCUT2D eigenvalue weighted by atomic mass is 10.1. The van der Waals surface area contributed by atoms with Gasteiger partial charge in [0.1, 0.15) is 22.9 Å². The van der Waals surface area contributed by atoms with Crippen molar-refractivity contribution in [2.75, 3.05) is 12.4 Å². The molecule has 2 heterocycles. The van der Waals surface area contributed by atoms with Crippen LogP contribution in [0.25, 0.3) is 11.2 Å². The summed E-state index contributed by atoms with van der Waals surface area (Å²) >= 11 is 0. The first-order chi connectivity index (χ1) is 16.8. The van der Waals surface area contributed by atoms with Gasteiger partial charge in [0, 0.05) is 12.8 Å². The lowest BCUT2D eigenvalue weighted by Crippen LogP contribution is -2.30. The number of esters is 1. The zero-order chi connectivity index (χ0) is 25.4. The van der Waals surface area contributed by atoms with Crippen LogP contribution in [0.3, 0.4) is 0 Å². The van der Waals surface area contributed by atoms with Crippen molar-refractivity contribution in [3.05, 3.63) is 47.8 Å². The van der Waals surface area contributed by atoms with Crippen LogP contribution in [0, 0.1) is 5.92 Å². The van der Waals surface area contributed by atoms with Gasteiger partial charge in [-0.15, -0.1) is 0 Å². The van der Waals surface area contributed by atoms with Gasteiger partial charge >= 0.3 is 5.97 Å². The van der Waals surface area contributed by atoms with Crippen LogP contribution < -0.4 is 10.1 Å². The molecule has 0 spiro atoms. The highest BCUT2D eigenvalue weighted by Gasteiger charge is 2.22. The number of nitrogens with zero attached hydrogens (tertiary/aromatic N) is 3. The maximum atomic E-state index is 12.1. The van der Waals surface area contributed by atoms with Crippen molar-refractivity contribution in [3.63, 3.8) is 0 Å². The number of methoxy groups -OCH3 is 1. The molecular formula is C27H36N4O4. The molecule has 35 heavy (non-hydrogen) atoms. The molecule has 3 aromatic rings. The minimum Gasteiger partial charge on any atom is -0.479 e. The third-order valence-corrected chi connectivity index (χ3v) is 5.58. The Morgan fingerprint density at radius 2 is 1.77 bits per heavy atom. The number of pyridine rings is 1. The summed E-state index contributed by atoms with van der Waals surface area (Å²) in [6.45, 7) is 8.76. The van der Waals surface area contributed by atoms with Crippen LogP contribution in [0.1, 0.15) is 64.8 Å². The summed E-state index contributed by atoms with van der Waals surface area (Å²) in [6.07, 6.45) is 2.97. The summed E-state index contributed by atoms with van der Waals surface area (Å²) in [5.74, 6) is 1.99. The Balaban J connectivity index is 1.83. The zero-order valence-corrected chi connectivity index (χ0v) is 21.3. The quantitative estimate of drug-likeness (QED) is 0.361. The van der Waals surface area contributed by atoms with Crippen molar-refractivity contribution >= 4 is 28.9 Å². The molecule has 3 rings (SSSR count). The summed E-state index contributed by atoms with van der Waals surface area (Å²) in [5.41, 5.74) is 2.59. The van der Waals surface area contributed by atoms with Crippen LogP contribution in [0.4, 0.5) is 5.82 Å². The molecule has 0 saturated carbocycles. The molecule has 0 saturated heterocycles. The van der Waals surface area contributed by atoms with Gasteiger partial charge in [-0.3, -0.25) is 4.79 Å². The van der Waals surface area contributed by atoms with Gasteiger partial charge in [-0.1, -0.05) is 39.8 Å². The topological polar surface area (TPSA) is 95.3 Å². The molecule has 1 unspecified atom stereocenters. The number of aromatic nitrogens is 3. The second kappa shape index (κ2) is 12.3. The first-order valence-electron chi connectivity index (χ1n) is 12.3. The molecule has 188 valence electrons. The van der Waals surface area contributed by atoms with Crippen molar-refractivity contribution < 1.29 is 19.1 Å². The average molecular weight is 481 g/mol. The van der Waals surface area contributed by atoms with Gasteiger partial charge in [0.25, 0.3) is 0 Å². The normalized spacial score (nSPS) is 12.1. The number of ether oxygens (including phenoxy) is 2. The van der Waals surface area contributed by atoms with Crippen LogP contribution in [0.15, 0.2) is 36.4 Å². The molecule has 1 aromatic carbocycles. The zero-order valence-electron chi connectivity index (χ0n) is 21.3. The number of hydrogen-bond donors (Lipinski definition) is 1. The van der Waals surface area contributed by atoms with Gasteiger partial charge in [-0.2, -0.15) is 0 Å². The number of carbonyl (C=O) groups is 2. The monoisotopic (exact) mass is 480 g/mol. The smallest absolute Gasteiger partial charge is 0.347 e. The van der Waals surface area contributed by atoms with Gasteiger partial charge in [0.15, 0.2) is 11.8 Å². The number of anilines is 1. The van der Waals surface area contributed by atoms with E-state index in [-0.39, 0.29) is 11.9 Å². The van der Waals surface area contributed by atoms with Gasteiger partial charge in [0.05, 0.1) is 13.7 Å². The number of carbonyl (C=O) groups excluding carboxylic acids is 2. The van der Waals surface area contributed by atoms with Crippen molar-refractivity contribution in [1.82, 2.24) is 14.5 Å². The number of amides is 1. The maximum Gasteiger partial charge on any atom is 0.347 e. The van der Waals surface area contributed by atoms with E-state index in [1.165, 1.54) is 7.11 Å². The first kappa shape index (κ1) is 26.2. The van der Waals surface area contributed by atoms with E-state index >= 15 is 0 Å². The maximum absolute atomic E-state index is 12.1. The van der Waals surface area contributed by atoms with Gasteiger partial charge in [0.2, 0.25) is 5.91 Å². The first-order valence-corrected chi connectivity index (χ1v) is 12.3. The van der Waals surface area contributed by atoms with Crippen LogP contribution in [0.2, 0.25) is 0 Å². The van der Waals surface area contributed by atoms with Crippen LogP contribution in [-0.2, 0) is 27.3 Å². The summed E-state index contributed by atoms with van der Waals surface area (Å²) in [6, 6.07) is 11.4. The number of benzene rings is 1. The number of hydrogen-bond acceptors (Lipinski definition) is 6. The fourth-order valence-corrected chi connectivity index (χ4v) is 3.90. The molecule has 0 aliphatic heterocycles. The summed E-state index contributed by atoms with van der Waals surface area (Å²) in [4.78, 5) is 33.6. The molecule has 8 nitrogen and oxygen atoms in total. The van der Waals surface area contributed by atoms with Crippen molar-refractivity contribution in [3.8, 4) is 5.75 Å². The van der Waals surface area contributed by atoms with E-state index in [1.807, 2.05) is 51.1 Å². The molecule has 0 radical (unpaired) electrons. The molecule has 0 bridgehead atoms. The highest BCUT2D eigenvalue weighted by Crippen LogP contribution is 2.22. The van der Waals surface area contributed by atoms with Crippen LogP contribution >= 0.6 is 0 Å². The Morgan fingerprint density at radius 3 is 2.40 bits per heavy atom. The Hall–Kier alpha value is -3.42.